The molecule has 1 heterocycles. The second-order valence-corrected chi connectivity index (χ2v) is 5.46. The van der Waals surface area contributed by atoms with E-state index in [2.05, 4.69) is 19.2 Å². The Kier molecular flexibility index (Phi) is 8.02. The number of methoxy groups -OCH3 is 1. The van der Waals surface area contributed by atoms with Crippen molar-refractivity contribution < 1.29 is 14.3 Å². The van der Waals surface area contributed by atoms with Crippen molar-refractivity contribution in [1.82, 2.24) is 10.2 Å². The van der Waals surface area contributed by atoms with Crippen LogP contribution in [0, 0.1) is 5.92 Å². The molecule has 1 saturated heterocycles. The third-order valence-electron chi connectivity index (χ3n) is 3.24. The fourth-order valence-corrected chi connectivity index (χ4v) is 2.20. The summed E-state index contributed by atoms with van der Waals surface area (Å²) < 4.78 is 10.3. The van der Waals surface area contributed by atoms with E-state index in [1.807, 2.05) is 4.90 Å². The van der Waals surface area contributed by atoms with Gasteiger partial charge in [0.1, 0.15) is 0 Å². The first-order chi connectivity index (χ1) is 9.15. The smallest absolute Gasteiger partial charge is 0.240 e. The molecule has 0 aliphatic carbocycles. The average Bonchev–Trinajstić information content (AvgIpc) is 2.70. The molecule has 112 valence electrons. The highest BCUT2D eigenvalue weighted by Gasteiger charge is 2.30. The van der Waals surface area contributed by atoms with Gasteiger partial charge in [-0.25, -0.2) is 0 Å². The largest absolute Gasteiger partial charge is 0.382 e. The van der Waals surface area contributed by atoms with E-state index >= 15 is 0 Å². The van der Waals surface area contributed by atoms with Crippen LogP contribution in [0.25, 0.3) is 0 Å². The lowest BCUT2D eigenvalue weighted by atomic mass is 10.0. The van der Waals surface area contributed by atoms with E-state index in [9.17, 15) is 4.79 Å². The third kappa shape index (κ3) is 6.36. The van der Waals surface area contributed by atoms with E-state index in [0.29, 0.717) is 25.8 Å². The highest BCUT2D eigenvalue weighted by Crippen LogP contribution is 2.13. The Hall–Kier alpha value is -0.650. The molecule has 0 saturated carbocycles. The summed E-state index contributed by atoms with van der Waals surface area (Å²) in [5.41, 5.74) is 0. The maximum absolute atomic E-state index is 12.1. The van der Waals surface area contributed by atoms with E-state index < -0.39 is 0 Å². The molecule has 1 atom stereocenters. The van der Waals surface area contributed by atoms with Gasteiger partial charge in [0.05, 0.1) is 25.9 Å². The summed E-state index contributed by atoms with van der Waals surface area (Å²) in [5, 5.41) is 3.29. The molecule has 1 aliphatic rings. The van der Waals surface area contributed by atoms with E-state index in [1.54, 1.807) is 7.11 Å². The van der Waals surface area contributed by atoms with E-state index in [0.717, 1.165) is 32.4 Å². The summed E-state index contributed by atoms with van der Waals surface area (Å²) in [7, 11) is 1.67. The second-order valence-electron chi connectivity index (χ2n) is 5.46. The lowest BCUT2D eigenvalue weighted by Crippen LogP contribution is -2.32. The number of carbonyl (C=O) groups excluding carboxylic acids is 1. The fraction of sp³-hybridized carbons (Fsp3) is 0.929. The van der Waals surface area contributed by atoms with Gasteiger partial charge in [0.15, 0.2) is 0 Å². The Morgan fingerprint density at radius 1 is 1.32 bits per heavy atom. The van der Waals surface area contributed by atoms with Crippen LogP contribution in [-0.4, -0.2) is 57.0 Å². The molecule has 19 heavy (non-hydrogen) atoms. The molecule has 1 unspecified atom stereocenters. The Morgan fingerprint density at radius 3 is 2.79 bits per heavy atom. The number of carbonyl (C=O) groups is 1. The molecule has 0 spiro atoms. The Morgan fingerprint density at radius 2 is 2.11 bits per heavy atom. The molecule has 1 amide bonds. The van der Waals surface area contributed by atoms with Crippen LogP contribution in [-0.2, 0) is 14.3 Å². The second kappa shape index (κ2) is 9.28. The van der Waals surface area contributed by atoms with Crippen LogP contribution >= 0.6 is 0 Å². The molecule has 5 heteroatoms. The van der Waals surface area contributed by atoms with Gasteiger partial charge in [-0.15, -0.1) is 0 Å². The summed E-state index contributed by atoms with van der Waals surface area (Å²) in [6.45, 7) is 7.86. The van der Waals surface area contributed by atoms with Crippen LogP contribution in [0.5, 0.6) is 0 Å². The van der Waals surface area contributed by atoms with Gasteiger partial charge >= 0.3 is 0 Å². The standard InChI is InChI=1S/C14H28N2O3/c1-12(2)10-13-14(17)16(11-15-13)6-4-5-7-19-9-8-18-3/h12-13,15H,4-11H2,1-3H3. The van der Waals surface area contributed by atoms with Gasteiger partial charge < -0.3 is 14.4 Å². The molecule has 0 bridgehead atoms. The monoisotopic (exact) mass is 272 g/mol. The molecule has 1 rings (SSSR count). The number of amides is 1. The molecule has 0 aromatic rings. The van der Waals surface area contributed by atoms with Crippen molar-refractivity contribution in [2.45, 2.75) is 39.2 Å². The topological polar surface area (TPSA) is 50.8 Å². The molecule has 1 aliphatic heterocycles. The molecule has 1 fully saturated rings. The first kappa shape index (κ1) is 16.4. The van der Waals surface area contributed by atoms with Gasteiger partial charge in [-0.1, -0.05) is 13.8 Å². The van der Waals surface area contributed by atoms with Crippen molar-refractivity contribution >= 4 is 5.91 Å². The Balaban J connectivity index is 2.06. The zero-order chi connectivity index (χ0) is 14.1. The maximum atomic E-state index is 12.1. The zero-order valence-corrected chi connectivity index (χ0v) is 12.5. The number of hydrogen-bond acceptors (Lipinski definition) is 4. The molecular formula is C14H28N2O3. The van der Waals surface area contributed by atoms with Gasteiger partial charge in [0, 0.05) is 20.3 Å². The van der Waals surface area contributed by atoms with Crippen LogP contribution in [0.2, 0.25) is 0 Å². The van der Waals surface area contributed by atoms with Gasteiger partial charge in [0.2, 0.25) is 5.91 Å². The molecule has 1 N–H and O–H groups in total. The van der Waals surface area contributed by atoms with Crippen LogP contribution < -0.4 is 5.32 Å². The molecule has 0 aromatic carbocycles. The van der Waals surface area contributed by atoms with Gasteiger partial charge in [0.25, 0.3) is 0 Å². The number of ether oxygens (including phenoxy) is 2. The molecule has 5 nitrogen and oxygen atoms in total. The van der Waals surface area contributed by atoms with E-state index in [4.69, 9.17) is 9.47 Å². The highest BCUT2D eigenvalue weighted by atomic mass is 16.5. The van der Waals surface area contributed by atoms with Crippen molar-refractivity contribution in [2.75, 3.05) is 40.1 Å². The minimum atomic E-state index is 0.0259. The minimum Gasteiger partial charge on any atom is -0.382 e. The van der Waals surface area contributed by atoms with Crippen molar-refractivity contribution in [3.63, 3.8) is 0 Å². The summed E-state index contributed by atoms with van der Waals surface area (Å²) in [4.78, 5) is 14.0. The maximum Gasteiger partial charge on any atom is 0.240 e. The number of unbranched alkanes of at least 4 members (excludes halogenated alkanes) is 1. The Bertz CT molecular complexity index is 259. The highest BCUT2D eigenvalue weighted by molar-refractivity contribution is 5.83. The van der Waals surface area contributed by atoms with Crippen LogP contribution in [0.3, 0.4) is 0 Å². The van der Waals surface area contributed by atoms with Gasteiger partial charge in [-0.05, 0) is 25.2 Å². The number of rotatable bonds is 10. The average molecular weight is 272 g/mol. The van der Waals surface area contributed by atoms with Crippen LogP contribution in [0.4, 0.5) is 0 Å². The predicted molar refractivity (Wildman–Crippen MR) is 74.9 cm³/mol. The van der Waals surface area contributed by atoms with Crippen molar-refractivity contribution in [3.05, 3.63) is 0 Å². The quantitative estimate of drug-likeness (QED) is 0.608. The summed E-state index contributed by atoms with van der Waals surface area (Å²) in [5.74, 6) is 0.810. The molecule has 0 radical (unpaired) electrons. The van der Waals surface area contributed by atoms with Gasteiger partial charge in [-0.2, -0.15) is 0 Å². The van der Waals surface area contributed by atoms with Gasteiger partial charge in [-0.3, -0.25) is 10.1 Å². The van der Waals surface area contributed by atoms with Crippen molar-refractivity contribution in [1.29, 1.82) is 0 Å². The number of hydrogen-bond donors (Lipinski definition) is 1. The summed E-state index contributed by atoms with van der Waals surface area (Å²) in [6, 6.07) is 0.0259. The normalized spacial score (nSPS) is 19.7. The van der Waals surface area contributed by atoms with Crippen LogP contribution in [0.1, 0.15) is 33.1 Å². The lowest BCUT2D eigenvalue weighted by molar-refractivity contribution is -0.129. The van der Waals surface area contributed by atoms with E-state index in [1.165, 1.54) is 0 Å². The molecule has 0 aromatic heterocycles. The van der Waals surface area contributed by atoms with Crippen molar-refractivity contribution in [2.24, 2.45) is 5.92 Å². The van der Waals surface area contributed by atoms with Crippen molar-refractivity contribution in [3.8, 4) is 0 Å². The third-order valence-corrected chi connectivity index (χ3v) is 3.24. The summed E-state index contributed by atoms with van der Waals surface area (Å²) in [6.07, 6.45) is 2.91. The minimum absolute atomic E-state index is 0.0259. The first-order valence-electron chi connectivity index (χ1n) is 7.24. The lowest BCUT2D eigenvalue weighted by Gasteiger charge is -2.16. The number of nitrogens with one attached hydrogen (secondary N) is 1. The Labute approximate surface area is 116 Å². The first-order valence-corrected chi connectivity index (χ1v) is 7.24. The molecular weight excluding hydrogens is 244 g/mol. The fourth-order valence-electron chi connectivity index (χ4n) is 2.20. The van der Waals surface area contributed by atoms with E-state index in [-0.39, 0.29) is 11.9 Å². The SMILES string of the molecule is COCCOCCCCN1CNC(CC(C)C)C1=O. The number of nitrogens with zero attached hydrogens (tertiary/aromatic N) is 1. The summed E-state index contributed by atoms with van der Waals surface area (Å²) >= 11 is 0. The predicted octanol–water partition coefficient (Wildman–Crippen LogP) is 1.23. The van der Waals surface area contributed by atoms with Crippen LogP contribution in [0.15, 0.2) is 0 Å². The zero-order valence-electron chi connectivity index (χ0n) is 12.5.